The molecule has 0 aliphatic carbocycles. The molecule has 178 valence electrons. The predicted molar refractivity (Wildman–Crippen MR) is 122 cm³/mol. The second kappa shape index (κ2) is 10.5. The lowest BCUT2D eigenvalue weighted by Crippen LogP contribution is -2.38. The first-order valence-electron chi connectivity index (χ1n) is 10.4. The van der Waals surface area contributed by atoms with Crippen molar-refractivity contribution < 1.29 is 32.7 Å². The first kappa shape index (κ1) is 24.1. The number of nitrogens with two attached hydrogens (primary N) is 1. The average Bonchev–Trinajstić information content (AvgIpc) is 3.31. The highest BCUT2D eigenvalue weighted by molar-refractivity contribution is 7.44. The van der Waals surface area contributed by atoms with E-state index in [2.05, 4.69) is 15.7 Å². The maximum atomic E-state index is 10.9. The molecule has 0 radical (unpaired) electrons. The summed E-state index contributed by atoms with van der Waals surface area (Å²) in [6.45, 7) is -0.0799. The third kappa shape index (κ3) is 6.53. The number of ether oxygens (including phenoxy) is 1. The fourth-order valence-electron chi connectivity index (χ4n) is 3.30. The van der Waals surface area contributed by atoms with Crippen molar-refractivity contribution >= 4 is 13.6 Å². The fraction of sp³-hybridized carbons (Fsp3) is 0.125. The van der Waals surface area contributed by atoms with Crippen LogP contribution >= 0.6 is 7.82 Å². The largest absolute Gasteiger partial charge is 0.756 e. The summed E-state index contributed by atoms with van der Waals surface area (Å²) in [5, 5.41) is 13.0. The van der Waals surface area contributed by atoms with Crippen LogP contribution in [0, 0.1) is 11.3 Å². The van der Waals surface area contributed by atoms with Crippen molar-refractivity contribution in [3.05, 3.63) is 95.3 Å². The number of nitrogens with zero attached hydrogens (tertiary/aromatic N) is 3. The van der Waals surface area contributed by atoms with Crippen molar-refractivity contribution in [2.75, 3.05) is 5.73 Å². The lowest BCUT2D eigenvalue weighted by Gasteiger charge is -2.14. The van der Waals surface area contributed by atoms with Crippen molar-refractivity contribution in [2.24, 2.45) is 0 Å². The van der Waals surface area contributed by atoms with Gasteiger partial charge in [0.05, 0.1) is 23.5 Å². The summed E-state index contributed by atoms with van der Waals surface area (Å²) >= 11 is 0. The van der Waals surface area contributed by atoms with Crippen LogP contribution in [0.5, 0.6) is 5.75 Å². The molecule has 0 bridgehead atoms. The van der Waals surface area contributed by atoms with E-state index in [9.17, 15) is 9.46 Å². The van der Waals surface area contributed by atoms with E-state index in [-0.39, 0.29) is 5.82 Å². The van der Waals surface area contributed by atoms with E-state index >= 15 is 0 Å². The Morgan fingerprint density at radius 2 is 1.86 bits per heavy atom. The molecule has 0 spiro atoms. The summed E-state index contributed by atoms with van der Waals surface area (Å²) in [5.41, 5.74) is 9.85. The monoisotopic (exact) mass is 492 g/mol. The van der Waals surface area contributed by atoms with Gasteiger partial charge in [0.15, 0.2) is 12.5 Å². The van der Waals surface area contributed by atoms with Crippen LogP contribution in [0.4, 0.5) is 5.82 Å². The number of hydrogen-bond donors (Lipinski definition) is 2. The molecule has 0 saturated carbocycles. The molecule has 35 heavy (non-hydrogen) atoms. The molecule has 11 heteroatoms. The zero-order valence-electron chi connectivity index (χ0n) is 18.4. The topological polar surface area (TPSA) is 159 Å². The minimum atomic E-state index is -4.88. The Morgan fingerprint density at radius 3 is 2.54 bits per heavy atom. The lowest BCUT2D eigenvalue weighted by molar-refractivity contribution is -0.712. The number of anilines is 1. The maximum Gasteiger partial charge on any atom is 0.285 e. The summed E-state index contributed by atoms with van der Waals surface area (Å²) in [6, 6.07) is 22.0. The molecule has 2 aromatic carbocycles. The number of hydrogen-bond acceptors (Lipinski definition) is 8. The summed E-state index contributed by atoms with van der Waals surface area (Å²) < 4.78 is 27.8. The van der Waals surface area contributed by atoms with Crippen LogP contribution in [0.3, 0.4) is 0 Å². The van der Waals surface area contributed by atoms with Gasteiger partial charge in [0.2, 0.25) is 0 Å². The Labute approximate surface area is 201 Å². The number of rotatable bonds is 9. The number of aromatic nitrogens is 2. The molecule has 2 heterocycles. The number of pyridine rings is 1. The number of phosphoric acid groups is 1. The van der Waals surface area contributed by atoms with Crippen LogP contribution in [-0.2, 0) is 28.8 Å². The first-order valence-corrected chi connectivity index (χ1v) is 11.9. The van der Waals surface area contributed by atoms with Crippen LogP contribution < -0.4 is 19.9 Å². The van der Waals surface area contributed by atoms with Crippen molar-refractivity contribution in [3.63, 3.8) is 0 Å². The average molecular weight is 492 g/mol. The molecule has 4 aromatic rings. The molecule has 4 rings (SSSR count). The molecule has 0 fully saturated rings. The molecule has 0 aliphatic heterocycles. The fourth-order valence-corrected chi connectivity index (χ4v) is 3.57. The number of phosphoric ester groups is 1. The van der Waals surface area contributed by atoms with Gasteiger partial charge in [-0.05, 0) is 47.5 Å². The van der Waals surface area contributed by atoms with E-state index in [1.54, 1.807) is 30.3 Å². The van der Waals surface area contributed by atoms with Gasteiger partial charge < -0.3 is 19.0 Å². The third-order valence-electron chi connectivity index (χ3n) is 5.10. The number of benzene rings is 2. The quantitative estimate of drug-likeness (QED) is 0.265. The normalized spacial score (nSPS) is 12.6. The van der Waals surface area contributed by atoms with E-state index < -0.39 is 14.6 Å². The second-order valence-electron chi connectivity index (χ2n) is 7.60. The van der Waals surface area contributed by atoms with Crippen molar-refractivity contribution in [1.29, 1.82) is 5.26 Å². The summed E-state index contributed by atoms with van der Waals surface area (Å²) in [5.74, 6) is 1.31. The van der Waals surface area contributed by atoms with Crippen LogP contribution in [0.1, 0.15) is 22.4 Å². The molecule has 1 atom stereocenters. The molecule has 0 saturated heterocycles. The summed E-state index contributed by atoms with van der Waals surface area (Å²) in [6.07, 6.45) is 2.02. The Morgan fingerprint density at radius 1 is 1.14 bits per heavy atom. The standard InChI is InChI=1S/C24H21N4O6P/c25-14-18-3-5-19(6-4-18)15-32-21-9-7-17(8-10-21)12-20-13-23(34-27-20)22-2-1-11-28(24(22)26)16-33-35(29,30)31/h1-11,13,26H,12,15-16H2,(H2,29,30,31). The lowest BCUT2D eigenvalue weighted by atomic mass is 10.1. The predicted octanol–water partition coefficient (Wildman–Crippen LogP) is 2.69. The van der Waals surface area contributed by atoms with E-state index in [0.717, 1.165) is 11.1 Å². The Balaban J connectivity index is 1.38. The van der Waals surface area contributed by atoms with E-state index in [0.29, 0.717) is 41.4 Å². The zero-order valence-corrected chi connectivity index (χ0v) is 19.3. The van der Waals surface area contributed by atoms with Crippen molar-refractivity contribution in [1.82, 2.24) is 5.16 Å². The van der Waals surface area contributed by atoms with Gasteiger partial charge >= 0.3 is 0 Å². The van der Waals surface area contributed by atoms with Gasteiger partial charge in [0, 0.05) is 12.5 Å². The van der Waals surface area contributed by atoms with Gasteiger partial charge in [0.25, 0.3) is 13.6 Å². The van der Waals surface area contributed by atoms with Gasteiger partial charge in [-0.3, -0.25) is 14.8 Å². The van der Waals surface area contributed by atoms with Crippen LogP contribution in [-0.4, -0.2) is 10.1 Å². The SMILES string of the molecule is N#Cc1ccc(COc2ccc(Cc3cc(-c4ccc[n+](COP(=O)([O-])O)c4N)on3)cc2)cc1. The second-order valence-corrected chi connectivity index (χ2v) is 8.80. The smallest absolute Gasteiger partial charge is 0.285 e. The van der Waals surface area contributed by atoms with Crippen LogP contribution in [0.2, 0.25) is 0 Å². The van der Waals surface area contributed by atoms with Crippen LogP contribution in [0.25, 0.3) is 11.3 Å². The third-order valence-corrected chi connectivity index (χ3v) is 5.54. The first-order chi connectivity index (χ1) is 16.8. The Kier molecular flexibility index (Phi) is 7.25. The molecule has 10 nitrogen and oxygen atoms in total. The van der Waals surface area contributed by atoms with E-state index in [1.807, 2.05) is 36.4 Å². The highest BCUT2D eigenvalue weighted by Crippen LogP contribution is 2.30. The Hall–Kier alpha value is -4.00. The molecule has 2 aromatic heterocycles. The van der Waals surface area contributed by atoms with Crippen LogP contribution in [0.15, 0.2) is 77.4 Å². The highest BCUT2D eigenvalue weighted by atomic mass is 31.2. The van der Waals surface area contributed by atoms with E-state index in [1.165, 1.54) is 10.8 Å². The molecule has 1 unspecified atom stereocenters. The number of nitrogen functional groups attached to an aromatic ring is 1. The minimum Gasteiger partial charge on any atom is -0.756 e. The van der Waals surface area contributed by atoms with Gasteiger partial charge in [-0.15, -0.1) is 0 Å². The number of nitriles is 1. The molecular weight excluding hydrogens is 471 g/mol. The molecular formula is C24H21N4O6P. The molecule has 3 N–H and O–H groups in total. The summed E-state index contributed by atoms with van der Waals surface area (Å²) in [4.78, 5) is 19.6. The molecule has 0 aliphatic rings. The summed E-state index contributed by atoms with van der Waals surface area (Å²) in [7, 11) is -4.88. The van der Waals surface area contributed by atoms with E-state index in [4.69, 9.17) is 25.1 Å². The maximum absolute atomic E-state index is 10.9. The van der Waals surface area contributed by atoms with Gasteiger partial charge in [-0.2, -0.15) is 5.26 Å². The van der Waals surface area contributed by atoms with Crippen molar-refractivity contribution in [2.45, 2.75) is 19.8 Å². The Bertz CT molecular complexity index is 1390. The van der Waals surface area contributed by atoms with Crippen molar-refractivity contribution in [3.8, 4) is 23.1 Å². The van der Waals surface area contributed by atoms with Gasteiger partial charge in [-0.1, -0.05) is 29.4 Å². The molecule has 0 amide bonds. The highest BCUT2D eigenvalue weighted by Gasteiger charge is 2.18. The van der Waals surface area contributed by atoms with Gasteiger partial charge in [-0.25, -0.2) is 4.57 Å². The van der Waals surface area contributed by atoms with Gasteiger partial charge in [0.1, 0.15) is 17.9 Å². The minimum absolute atomic E-state index is 0.187. The zero-order chi connectivity index (χ0) is 24.8.